The summed E-state index contributed by atoms with van der Waals surface area (Å²) in [7, 11) is 0. The van der Waals surface area contributed by atoms with Gasteiger partial charge in [0.25, 0.3) is 0 Å². The monoisotopic (exact) mass is 352 g/mol. The Morgan fingerprint density at radius 2 is 1.65 bits per heavy atom. The van der Waals surface area contributed by atoms with Crippen LogP contribution in [0.5, 0.6) is 0 Å². The Balaban J connectivity index is 1.39. The van der Waals surface area contributed by atoms with Gasteiger partial charge in [-0.05, 0) is 30.0 Å². The van der Waals surface area contributed by atoms with Crippen molar-refractivity contribution in [2.24, 2.45) is 5.92 Å². The van der Waals surface area contributed by atoms with E-state index in [2.05, 4.69) is 15.6 Å². The number of benzene rings is 1. The maximum atomic E-state index is 12.3. The zero-order valence-corrected chi connectivity index (χ0v) is 14.7. The van der Waals surface area contributed by atoms with Crippen LogP contribution in [0.25, 0.3) is 0 Å². The van der Waals surface area contributed by atoms with E-state index in [1.54, 1.807) is 17.3 Å². The summed E-state index contributed by atoms with van der Waals surface area (Å²) in [6, 6.07) is 13.6. The molecule has 3 amide bonds. The highest BCUT2D eigenvalue weighted by molar-refractivity contribution is 5.79. The Kier molecular flexibility index (Phi) is 6.19. The second-order valence-electron chi connectivity index (χ2n) is 6.48. The normalized spacial score (nSPS) is 14.7. The van der Waals surface area contributed by atoms with Crippen molar-refractivity contribution in [3.63, 3.8) is 0 Å². The minimum atomic E-state index is -0.0861. The van der Waals surface area contributed by atoms with Crippen molar-refractivity contribution >= 4 is 11.9 Å². The van der Waals surface area contributed by atoms with Crippen molar-refractivity contribution in [1.82, 2.24) is 20.5 Å². The van der Waals surface area contributed by atoms with E-state index < -0.39 is 0 Å². The lowest BCUT2D eigenvalue weighted by Crippen LogP contribution is -2.46. The first kappa shape index (κ1) is 17.9. The van der Waals surface area contributed by atoms with Crippen LogP contribution in [-0.4, -0.2) is 34.9 Å². The van der Waals surface area contributed by atoms with Crippen LogP contribution >= 0.6 is 0 Å². The Morgan fingerprint density at radius 3 is 2.35 bits per heavy atom. The first-order valence-electron chi connectivity index (χ1n) is 8.95. The van der Waals surface area contributed by atoms with Gasteiger partial charge < -0.3 is 15.5 Å². The van der Waals surface area contributed by atoms with Crippen LogP contribution in [0.2, 0.25) is 0 Å². The van der Waals surface area contributed by atoms with Gasteiger partial charge >= 0.3 is 6.03 Å². The third-order valence-corrected chi connectivity index (χ3v) is 4.63. The van der Waals surface area contributed by atoms with Gasteiger partial charge in [-0.3, -0.25) is 9.78 Å². The number of rotatable bonds is 5. The molecule has 2 aromatic rings. The highest BCUT2D eigenvalue weighted by Gasteiger charge is 2.27. The first-order chi connectivity index (χ1) is 12.7. The van der Waals surface area contributed by atoms with E-state index in [0.717, 1.165) is 11.1 Å². The third-order valence-electron chi connectivity index (χ3n) is 4.63. The number of carbonyl (C=O) groups is 2. The molecule has 3 rings (SSSR count). The fraction of sp³-hybridized carbons (Fsp3) is 0.350. The summed E-state index contributed by atoms with van der Waals surface area (Å²) in [5.41, 5.74) is 2.06. The smallest absolute Gasteiger partial charge is 0.317 e. The summed E-state index contributed by atoms with van der Waals surface area (Å²) >= 11 is 0. The van der Waals surface area contributed by atoms with Gasteiger partial charge in [0.05, 0.1) is 0 Å². The average molecular weight is 352 g/mol. The molecular formula is C20H24N4O2. The fourth-order valence-electron chi connectivity index (χ4n) is 3.07. The number of nitrogens with zero attached hydrogens (tertiary/aromatic N) is 2. The zero-order valence-electron chi connectivity index (χ0n) is 14.7. The topological polar surface area (TPSA) is 74.3 Å². The predicted molar refractivity (Wildman–Crippen MR) is 99.1 cm³/mol. The van der Waals surface area contributed by atoms with Crippen LogP contribution in [0.1, 0.15) is 24.0 Å². The number of piperidine rings is 1. The molecule has 1 fully saturated rings. The van der Waals surface area contributed by atoms with Gasteiger partial charge in [0.15, 0.2) is 0 Å². The number of carbonyl (C=O) groups excluding carboxylic acids is 2. The maximum Gasteiger partial charge on any atom is 0.317 e. The number of urea groups is 1. The molecule has 1 aliphatic rings. The summed E-state index contributed by atoms with van der Waals surface area (Å²) < 4.78 is 0. The van der Waals surface area contributed by atoms with Crippen LogP contribution in [-0.2, 0) is 17.9 Å². The van der Waals surface area contributed by atoms with E-state index in [4.69, 9.17) is 0 Å². The standard InChI is InChI=1S/C20H24N4O2/c25-19(22-14-16-5-2-1-3-6-16)18-8-11-24(12-9-18)20(26)23-15-17-7-4-10-21-13-17/h1-7,10,13,18H,8-9,11-12,14-15H2,(H,22,25)(H,23,26). The number of nitrogens with one attached hydrogen (secondary N) is 2. The van der Waals surface area contributed by atoms with Crippen LogP contribution in [0.4, 0.5) is 4.79 Å². The predicted octanol–water partition coefficient (Wildman–Crippen LogP) is 2.32. The van der Waals surface area contributed by atoms with E-state index in [9.17, 15) is 9.59 Å². The molecule has 0 saturated carbocycles. The molecule has 1 saturated heterocycles. The molecule has 1 aromatic heterocycles. The molecule has 0 aliphatic carbocycles. The summed E-state index contributed by atoms with van der Waals surface area (Å²) in [5.74, 6) is 0.0466. The second kappa shape index (κ2) is 8.99. The Morgan fingerprint density at radius 1 is 0.962 bits per heavy atom. The van der Waals surface area contributed by atoms with Gasteiger partial charge in [-0.25, -0.2) is 4.79 Å². The van der Waals surface area contributed by atoms with Gasteiger partial charge in [-0.1, -0.05) is 36.4 Å². The molecule has 6 heteroatoms. The molecular weight excluding hydrogens is 328 g/mol. The molecule has 136 valence electrons. The lowest BCUT2D eigenvalue weighted by atomic mass is 9.96. The van der Waals surface area contributed by atoms with Gasteiger partial charge in [0.2, 0.25) is 5.91 Å². The van der Waals surface area contributed by atoms with Gasteiger partial charge in [0.1, 0.15) is 0 Å². The highest BCUT2D eigenvalue weighted by Crippen LogP contribution is 2.17. The molecule has 0 atom stereocenters. The third kappa shape index (κ3) is 5.05. The number of hydrogen-bond donors (Lipinski definition) is 2. The molecule has 26 heavy (non-hydrogen) atoms. The molecule has 1 aliphatic heterocycles. The summed E-state index contributed by atoms with van der Waals surface area (Å²) in [5, 5.41) is 5.90. The van der Waals surface area contributed by atoms with Crippen molar-refractivity contribution in [3.05, 3.63) is 66.0 Å². The second-order valence-corrected chi connectivity index (χ2v) is 6.48. The zero-order chi connectivity index (χ0) is 18.2. The molecule has 0 radical (unpaired) electrons. The number of amides is 3. The van der Waals surface area contributed by atoms with Crippen molar-refractivity contribution in [1.29, 1.82) is 0 Å². The summed E-state index contributed by atoms with van der Waals surface area (Å²) in [6.45, 7) is 2.21. The number of likely N-dealkylation sites (tertiary alicyclic amines) is 1. The fourth-order valence-corrected chi connectivity index (χ4v) is 3.07. The molecule has 6 nitrogen and oxygen atoms in total. The number of aromatic nitrogens is 1. The Hall–Kier alpha value is -2.89. The van der Waals surface area contributed by atoms with E-state index in [0.29, 0.717) is 39.0 Å². The van der Waals surface area contributed by atoms with Crippen LogP contribution in [0.3, 0.4) is 0 Å². The van der Waals surface area contributed by atoms with Crippen LogP contribution in [0, 0.1) is 5.92 Å². The number of hydrogen-bond acceptors (Lipinski definition) is 3. The highest BCUT2D eigenvalue weighted by atomic mass is 16.2. The SMILES string of the molecule is O=C(NCc1ccccc1)C1CCN(C(=O)NCc2cccnc2)CC1. The van der Waals surface area contributed by atoms with Crippen molar-refractivity contribution in [3.8, 4) is 0 Å². The Bertz CT molecular complexity index is 650. The van der Waals surface area contributed by atoms with Crippen LogP contribution in [0.15, 0.2) is 54.9 Å². The molecule has 1 aromatic carbocycles. The van der Waals surface area contributed by atoms with Crippen molar-refractivity contribution < 1.29 is 9.59 Å². The summed E-state index contributed by atoms with van der Waals surface area (Å²) in [4.78, 5) is 30.4. The largest absolute Gasteiger partial charge is 0.352 e. The molecule has 2 N–H and O–H groups in total. The minimum Gasteiger partial charge on any atom is -0.352 e. The Labute approximate surface area is 153 Å². The van der Waals surface area contributed by atoms with Crippen molar-refractivity contribution in [2.45, 2.75) is 25.9 Å². The number of pyridine rings is 1. The lowest BCUT2D eigenvalue weighted by molar-refractivity contribution is -0.126. The van der Waals surface area contributed by atoms with Gasteiger partial charge in [-0.15, -0.1) is 0 Å². The molecule has 0 bridgehead atoms. The quantitative estimate of drug-likeness (QED) is 0.867. The van der Waals surface area contributed by atoms with E-state index in [-0.39, 0.29) is 17.9 Å². The minimum absolute atomic E-state index is 0.0268. The average Bonchev–Trinajstić information content (AvgIpc) is 2.72. The van der Waals surface area contributed by atoms with E-state index in [1.807, 2.05) is 42.5 Å². The molecule has 2 heterocycles. The van der Waals surface area contributed by atoms with E-state index >= 15 is 0 Å². The van der Waals surface area contributed by atoms with Gasteiger partial charge in [-0.2, -0.15) is 0 Å². The molecule has 0 unspecified atom stereocenters. The van der Waals surface area contributed by atoms with Crippen molar-refractivity contribution in [2.75, 3.05) is 13.1 Å². The summed E-state index contributed by atoms with van der Waals surface area (Å²) in [6.07, 6.45) is 4.84. The maximum absolute atomic E-state index is 12.3. The van der Waals surface area contributed by atoms with Gasteiger partial charge in [0, 0.05) is 44.5 Å². The molecule has 0 spiro atoms. The first-order valence-corrected chi connectivity index (χ1v) is 8.95. The van der Waals surface area contributed by atoms with E-state index in [1.165, 1.54) is 0 Å². The lowest BCUT2D eigenvalue weighted by Gasteiger charge is -2.31. The van der Waals surface area contributed by atoms with Crippen LogP contribution < -0.4 is 10.6 Å².